The summed E-state index contributed by atoms with van der Waals surface area (Å²) in [5, 5.41) is 12.7. The van der Waals surface area contributed by atoms with Crippen LogP contribution >= 0.6 is 27.5 Å². The van der Waals surface area contributed by atoms with Crippen molar-refractivity contribution in [2.24, 2.45) is 0 Å². The first-order valence-corrected chi connectivity index (χ1v) is 6.15. The molecule has 0 bridgehead atoms. The Labute approximate surface area is 117 Å². The van der Waals surface area contributed by atoms with Crippen LogP contribution in [0.3, 0.4) is 0 Å². The highest BCUT2D eigenvalue weighted by Crippen LogP contribution is 2.22. The number of pyridine rings is 1. The molecular formula is C12H8BrClN2O2. The molecule has 0 aliphatic heterocycles. The fourth-order valence-electron chi connectivity index (χ4n) is 1.32. The Morgan fingerprint density at radius 3 is 2.78 bits per heavy atom. The van der Waals surface area contributed by atoms with Crippen molar-refractivity contribution in [3.05, 3.63) is 51.6 Å². The maximum absolute atomic E-state index is 11.9. The molecular weight excluding hydrogens is 320 g/mol. The Morgan fingerprint density at radius 1 is 1.33 bits per heavy atom. The van der Waals surface area contributed by atoms with Gasteiger partial charge < -0.3 is 10.4 Å². The highest BCUT2D eigenvalue weighted by Gasteiger charge is 2.12. The molecule has 18 heavy (non-hydrogen) atoms. The number of aromatic nitrogens is 1. The number of halogens is 2. The van der Waals surface area contributed by atoms with Crippen molar-refractivity contribution in [3.8, 4) is 5.75 Å². The van der Waals surface area contributed by atoms with E-state index in [-0.39, 0.29) is 11.3 Å². The highest BCUT2D eigenvalue weighted by molar-refractivity contribution is 9.10. The minimum Gasteiger partial charge on any atom is -0.507 e. The van der Waals surface area contributed by atoms with Gasteiger partial charge in [0.2, 0.25) is 0 Å². The molecule has 1 aromatic carbocycles. The number of hydrogen-bond donors (Lipinski definition) is 2. The van der Waals surface area contributed by atoms with Gasteiger partial charge in [0.15, 0.2) is 0 Å². The first-order valence-electron chi connectivity index (χ1n) is 4.97. The maximum atomic E-state index is 11.9. The Balaban J connectivity index is 2.21. The van der Waals surface area contributed by atoms with E-state index in [2.05, 4.69) is 26.2 Å². The topological polar surface area (TPSA) is 62.2 Å². The van der Waals surface area contributed by atoms with Gasteiger partial charge >= 0.3 is 0 Å². The molecule has 2 rings (SSSR count). The Hall–Kier alpha value is -1.59. The van der Waals surface area contributed by atoms with Crippen LogP contribution in [0.5, 0.6) is 5.75 Å². The number of aromatic hydroxyl groups is 1. The molecule has 92 valence electrons. The van der Waals surface area contributed by atoms with Gasteiger partial charge in [-0.25, -0.2) is 4.98 Å². The first-order chi connectivity index (χ1) is 8.56. The fourth-order valence-corrected chi connectivity index (χ4v) is 1.80. The summed E-state index contributed by atoms with van der Waals surface area (Å²) in [4.78, 5) is 15.8. The van der Waals surface area contributed by atoms with Gasteiger partial charge in [0.25, 0.3) is 5.91 Å². The number of nitrogens with one attached hydrogen (secondary N) is 1. The van der Waals surface area contributed by atoms with Crippen LogP contribution in [-0.2, 0) is 0 Å². The lowest BCUT2D eigenvalue weighted by atomic mass is 10.2. The second-order valence-corrected chi connectivity index (χ2v) is 4.83. The molecule has 0 unspecified atom stereocenters. The molecule has 0 spiro atoms. The molecule has 0 saturated carbocycles. The lowest BCUT2D eigenvalue weighted by Crippen LogP contribution is -2.13. The minimum absolute atomic E-state index is 0.0929. The van der Waals surface area contributed by atoms with Crippen LogP contribution < -0.4 is 5.32 Å². The summed E-state index contributed by atoms with van der Waals surface area (Å²) in [5.74, 6) is -0.169. The van der Waals surface area contributed by atoms with Crippen LogP contribution in [0.2, 0.25) is 5.02 Å². The molecule has 0 aliphatic rings. The summed E-state index contributed by atoms with van der Waals surface area (Å²) >= 11 is 8.93. The largest absolute Gasteiger partial charge is 0.507 e. The van der Waals surface area contributed by atoms with E-state index in [0.29, 0.717) is 15.3 Å². The van der Waals surface area contributed by atoms with Gasteiger partial charge in [-0.1, -0.05) is 27.5 Å². The van der Waals surface area contributed by atoms with E-state index in [1.165, 1.54) is 18.3 Å². The number of carbonyl (C=O) groups excluding carboxylic acids is 1. The van der Waals surface area contributed by atoms with Crippen molar-refractivity contribution >= 4 is 39.3 Å². The van der Waals surface area contributed by atoms with Crippen molar-refractivity contribution in [1.82, 2.24) is 4.98 Å². The predicted molar refractivity (Wildman–Crippen MR) is 73.0 cm³/mol. The lowest BCUT2D eigenvalue weighted by Gasteiger charge is -2.06. The standard InChI is InChI=1S/C12H8BrClN2O2/c13-7-1-3-10(17)9(5-7)12(18)16-11-4-2-8(14)6-15-11/h1-6,17H,(H,15,16,18). The SMILES string of the molecule is O=C(Nc1ccc(Cl)cn1)c1cc(Br)ccc1O. The number of amides is 1. The third kappa shape index (κ3) is 3.00. The molecule has 4 nitrogen and oxygen atoms in total. The second kappa shape index (κ2) is 5.37. The van der Waals surface area contributed by atoms with Gasteiger partial charge in [-0.2, -0.15) is 0 Å². The number of anilines is 1. The van der Waals surface area contributed by atoms with Crippen molar-refractivity contribution in [1.29, 1.82) is 0 Å². The van der Waals surface area contributed by atoms with Gasteiger partial charge in [-0.15, -0.1) is 0 Å². The molecule has 2 aromatic rings. The zero-order chi connectivity index (χ0) is 13.1. The molecule has 0 fully saturated rings. The number of benzene rings is 1. The van der Waals surface area contributed by atoms with Crippen LogP contribution in [0, 0.1) is 0 Å². The average Bonchev–Trinajstić information content (AvgIpc) is 2.35. The summed E-state index contributed by atoms with van der Waals surface area (Å²) in [6.07, 6.45) is 1.43. The first kappa shape index (κ1) is 12.9. The summed E-state index contributed by atoms with van der Waals surface area (Å²) < 4.78 is 0.703. The van der Waals surface area contributed by atoms with Gasteiger partial charge in [0.1, 0.15) is 11.6 Å². The second-order valence-electron chi connectivity index (χ2n) is 3.48. The van der Waals surface area contributed by atoms with Crippen molar-refractivity contribution in [2.45, 2.75) is 0 Å². The quantitative estimate of drug-likeness (QED) is 0.888. The third-order valence-corrected chi connectivity index (χ3v) is 2.89. The highest BCUT2D eigenvalue weighted by atomic mass is 79.9. The third-order valence-electron chi connectivity index (χ3n) is 2.17. The van der Waals surface area contributed by atoms with E-state index < -0.39 is 5.91 Å². The molecule has 1 amide bonds. The van der Waals surface area contributed by atoms with Crippen molar-refractivity contribution in [2.75, 3.05) is 5.32 Å². The Kier molecular flexibility index (Phi) is 3.84. The lowest BCUT2D eigenvalue weighted by molar-refractivity contribution is 0.102. The normalized spacial score (nSPS) is 10.1. The van der Waals surface area contributed by atoms with Crippen molar-refractivity contribution < 1.29 is 9.90 Å². The zero-order valence-electron chi connectivity index (χ0n) is 9.02. The van der Waals surface area contributed by atoms with E-state index in [1.807, 2.05) is 0 Å². The van der Waals surface area contributed by atoms with Crippen LogP contribution in [0.4, 0.5) is 5.82 Å². The van der Waals surface area contributed by atoms with Gasteiger partial charge in [-0.05, 0) is 30.3 Å². The van der Waals surface area contributed by atoms with Crippen LogP contribution in [0.25, 0.3) is 0 Å². The van der Waals surface area contributed by atoms with E-state index in [1.54, 1.807) is 18.2 Å². The summed E-state index contributed by atoms with van der Waals surface area (Å²) in [6.45, 7) is 0. The predicted octanol–water partition coefficient (Wildman–Crippen LogP) is 3.46. The number of carbonyl (C=O) groups is 1. The molecule has 2 N–H and O–H groups in total. The van der Waals surface area contributed by atoms with E-state index >= 15 is 0 Å². The Bertz CT molecular complexity index is 587. The molecule has 1 heterocycles. The molecule has 6 heteroatoms. The molecule has 0 aliphatic carbocycles. The Morgan fingerprint density at radius 2 is 2.11 bits per heavy atom. The molecule has 0 radical (unpaired) electrons. The van der Waals surface area contributed by atoms with Crippen LogP contribution in [0.15, 0.2) is 41.0 Å². The zero-order valence-corrected chi connectivity index (χ0v) is 11.4. The van der Waals surface area contributed by atoms with Crippen LogP contribution in [-0.4, -0.2) is 16.0 Å². The number of phenols is 1. The van der Waals surface area contributed by atoms with Crippen molar-refractivity contribution in [3.63, 3.8) is 0 Å². The van der Waals surface area contributed by atoms with E-state index in [4.69, 9.17) is 11.6 Å². The summed E-state index contributed by atoms with van der Waals surface area (Å²) in [6, 6.07) is 7.81. The maximum Gasteiger partial charge on any atom is 0.260 e. The minimum atomic E-state index is -0.441. The monoisotopic (exact) mass is 326 g/mol. The smallest absolute Gasteiger partial charge is 0.260 e. The number of phenolic OH excluding ortho intramolecular Hbond substituents is 1. The number of rotatable bonds is 2. The number of nitrogens with zero attached hydrogens (tertiary/aromatic N) is 1. The summed E-state index contributed by atoms with van der Waals surface area (Å²) in [7, 11) is 0. The fraction of sp³-hybridized carbons (Fsp3) is 0. The van der Waals surface area contributed by atoms with E-state index in [0.717, 1.165) is 0 Å². The molecule has 1 aromatic heterocycles. The van der Waals surface area contributed by atoms with Gasteiger partial charge in [0, 0.05) is 10.7 Å². The van der Waals surface area contributed by atoms with Gasteiger partial charge in [0.05, 0.1) is 10.6 Å². The molecule has 0 atom stereocenters. The average molecular weight is 328 g/mol. The van der Waals surface area contributed by atoms with E-state index in [9.17, 15) is 9.90 Å². The number of hydrogen-bond acceptors (Lipinski definition) is 3. The van der Waals surface area contributed by atoms with Gasteiger partial charge in [-0.3, -0.25) is 4.79 Å². The summed E-state index contributed by atoms with van der Waals surface area (Å²) in [5.41, 5.74) is 0.168. The molecule has 0 saturated heterocycles. The van der Waals surface area contributed by atoms with Crippen LogP contribution in [0.1, 0.15) is 10.4 Å².